The third-order valence-electron chi connectivity index (χ3n) is 5.93. The lowest BCUT2D eigenvalue weighted by atomic mass is 10.0. The average molecular weight is 519 g/mol. The van der Waals surface area contributed by atoms with E-state index in [1.165, 1.54) is 16.7 Å². The smallest absolute Gasteiger partial charge is 0.335 e. The largest absolute Gasteiger partial charge is 0.478 e. The third-order valence-corrected chi connectivity index (χ3v) is 6.75. The van der Waals surface area contributed by atoms with Crippen molar-refractivity contribution in [2.75, 3.05) is 13.1 Å². The van der Waals surface area contributed by atoms with Crippen LogP contribution in [0.15, 0.2) is 35.1 Å². The Bertz CT molecular complexity index is 1220. The molecule has 0 aliphatic carbocycles. The molecule has 1 atom stereocenters. The Morgan fingerprint density at radius 1 is 1.12 bits per heavy atom. The Hall–Kier alpha value is -1.70. The summed E-state index contributed by atoms with van der Waals surface area (Å²) in [6, 6.07) is 7.92. The van der Waals surface area contributed by atoms with Gasteiger partial charge in [-0.25, -0.2) is 9.59 Å². The number of likely N-dealkylation sites (tertiary alicyclic amines) is 1. The van der Waals surface area contributed by atoms with E-state index in [9.17, 15) is 14.7 Å². The topological polar surface area (TPSA) is 67.5 Å². The highest BCUT2D eigenvalue weighted by molar-refractivity contribution is 6.37. The number of aromatic nitrogens is 2. The zero-order chi connectivity index (χ0) is 22.3. The van der Waals surface area contributed by atoms with Gasteiger partial charge in [0.2, 0.25) is 0 Å². The van der Waals surface area contributed by atoms with Crippen LogP contribution >= 0.6 is 47.2 Å². The molecule has 4 rings (SSSR count). The summed E-state index contributed by atoms with van der Waals surface area (Å²) in [5.74, 6) is -1.10. The van der Waals surface area contributed by atoms with Crippen molar-refractivity contribution in [3.05, 3.63) is 61.4 Å². The molecule has 172 valence electrons. The summed E-state index contributed by atoms with van der Waals surface area (Å²) >= 11 is 19.0. The summed E-state index contributed by atoms with van der Waals surface area (Å²) in [7, 11) is 0. The van der Waals surface area contributed by atoms with E-state index in [1.807, 2.05) is 0 Å². The molecule has 1 aromatic heterocycles. The first-order chi connectivity index (χ1) is 14.8. The molecule has 0 saturated carbocycles. The highest BCUT2D eigenvalue weighted by Gasteiger charge is 2.26. The SMILES string of the molecule is CCN1CCCCC1Cn1c(=O)n(-c2ccc(Cl)cc2Cl)c2c(Cl)cc(C(=O)O)cc21.Cl. The van der Waals surface area contributed by atoms with Crippen LogP contribution in [-0.2, 0) is 6.54 Å². The van der Waals surface area contributed by atoms with Gasteiger partial charge in [0.1, 0.15) is 0 Å². The van der Waals surface area contributed by atoms with Gasteiger partial charge in [-0.1, -0.05) is 48.1 Å². The average Bonchev–Trinajstić information content (AvgIpc) is 3.00. The molecule has 0 radical (unpaired) electrons. The predicted molar refractivity (Wildman–Crippen MR) is 132 cm³/mol. The number of likely N-dealkylation sites (N-methyl/N-ethyl adjacent to an activating group) is 1. The number of carboxylic acids is 1. The highest BCUT2D eigenvalue weighted by atomic mass is 35.5. The molecule has 0 spiro atoms. The summed E-state index contributed by atoms with van der Waals surface area (Å²) < 4.78 is 3.07. The molecule has 1 aliphatic heterocycles. The number of piperidine rings is 1. The number of nitrogens with zero attached hydrogens (tertiary/aromatic N) is 3. The minimum Gasteiger partial charge on any atom is -0.478 e. The molecule has 3 aromatic rings. The molecule has 6 nitrogen and oxygen atoms in total. The van der Waals surface area contributed by atoms with E-state index in [2.05, 4.69) is 11.8 Å². The molecular formula is C22H23Cl4N3O3. The van der Waals surface area contributed by atoms with Crippen LogP contribution in [0.4, 0.5) is 0 Å². The lowest BCUT2D eigenvalue weighted by molar-refractivity contribution is 0.0697. The molecule has 1 fully saturated rings. The number of hydrogen-bond acceptors (Lipinski definition) is 3. The number of halogens is 4. The highest BCUT2D eigenvalue weighted by Crippen LogP contribution is 2.32. The Kier molecular flexibility index (Phi) is 7.84. The van der Waals surface area contributed by atoms with E-state index in [1.54, 1.807) is 22.8 Å². The quantitative estimate of drug-likeness (QED) is 0.467. The number of imidazole rings is 1. The van der Waals surface area contributed by atoms with Crippen molar-refractivity contribution in [1.82, 2.24) is 14.0 Å². The molecule has 2 heterocycles. The standard InChI is InChI=1S/C22H22Cl3N3O3.ClH/c1-2-26-8-4-3-5-15(26)12-27-19-10-13(21(29)30)9-17(25)20(19)28(22(27)31)18-7-6-14(23)11-16(18)24;/h6-7,9-11,15H,2-5,8,12H2,1H3,(H,29,30);1H. The van der Waals surface area contributed by atoms with Crippen molar-refractivity contribution in [3.63, 3.8) is 0 Å². The normalized spacial score (nSPS) is 16.8. The van der Waals surface area contributed by atoms with E-state index < -0.39 is 5.97 Å². The van der Waals surface area contributed by atoms with Crippen LogP contribution in [0.2, 0.25) is 15.1 Å². The van der Waals surface area contributed by atoms with Crippen LogP contribution in [0, 0.1) is 0 Å². The zero-order valence-electron chi connectivity index (χ0n) is 17.4. The van der Waals surface area contributed by atoms with Gasteiger partial charge < -0.3 is 5.11 Å². The Balaban J connectivity index is 0.00000289. The van der Waals surface area contributed by atoms with Crippen molar-refractivity contribution in [3.8, 4) is 5.69 Å². The summed E-state index contributed by atoms with van der Waals surface area (Å²) in [5.41, 5.74) is 1.06. The number of carbonyl (C=O) groups is 1. The minimum absolute atomic E-state index is 0. The van der Waals surface area contributed by atoms with Gasteiger partial charge in [0.15, 0.2) is 0 Å². The van der Waals surface area contributed by atoms with Crippen LogP contribution in [0.25, 0.3) is 16.7 Å². The maximum atomic E-state index is 13.6. The van der Waals surface area contributed by atoms with Crippen molar-refractivity contribution in [1.29, 1.82) is 0 Å². The Morgan fingerprint density at radius 2 is 1.88 bits per heavy atom. The molecule has 2 aromatic carbocycles. The summed E-state index contributed by atoms with van der Waals surface area (Å²) in [6.07, 6.45) is 3.20. The fraction of sp³-hybridized carbons (Fsp3) is 0.364. The molecule has 1 saturated heterocycles. The van der Waals surface area contributed by atoms with E-state index in [0.29, 0.717) is 33.3 Å². The van der Waals surface area contributed by atoms with Gasteiger partial charge in [-0.2, -0.15) is 0 Å². The maximum absolute atomic E-state index is 13.6. The Labute approximate surface area is 206 Å². The molecule has 1 aliphatic rings. The van der Waals surface area contributed by atoms with Crippen LogP contribution in [0.3, 0.4) is 0 Å². The molecule has 0 bridgehead atoms. The zero-order valence-corrected chi connectivity index (χ0v) is 20.4. The second-order valence-electron chi connectivity index (χ2n) is 7.73. The summed E-state index contributed by atoms with van der Waals surface area (Å²) in [4.78, 5) is 27.6. The monoisotopic (exact) mass is 517 g/mol. The second kappa shape index (κ2) is 10.1. The van der Waals surface area contributed by atoms with Crippen molar-refractivity contribution in [2.24, 2.45) is 0 Å². The first-order valence-electron chi connectivity index (χ1n) is 10.2. The van der Waals surface area contributed by atoms with Crippen molar-refractivity contribution >= 4 is 64.2 Å². The Morgan fingerprint density at radius 3 is 2.53 bits per heavy atom. The lowest BCUT2D eigenvalue weighted by Crippen LogP contribution is -2.43. The fourth-order valence-electron chi connectivity index (χ4n) is 4.41. The van der Waals surface area contributed by atoms with Gasteiger partial charge in [-0.15, -0.1) is 12.4 Å². The maximum Gasteiger partial charge on any atom is 0.335 e. The fourth-order valence-corrected chi connectivity index (χ4v) is 5.20. The lowest BCUT2D eigenvalue weighted by Gasteiger charge is -2.35. The number of carboxylic acid groups (broad SMARTS) is 1. The summed E-state index contributed by atoms with van der Waals surface area (Å²) in [6.45, 7) is 4.43. The number of benzene rings is 2. The van der Waals surface area contributed by atoms with Gasteiger partial charge in [0.25, 0.3) is 0 Å². The number of hydrogen-bond donors (Lipinski definition) is 1. The first-order valence-corrected chi connectivity index (χ1v) is 11.3. The van der Waals surface area contributed by atoms with Gasteiger partial charge >= 0.3 is 11.7 Å². The minimum atomic E-state index is -1.10. The van der Waals surface area contributed by atoms with Crippen LogP contribution < -0.4 is 5.69 Å². The predicted octanol–water partition coefficient (Wildman–Crippen LogP) is 5.75. The molecular weight excluding hydrogens is 496 g/mol. The molecule has 32 heavy (non-hydrogen) atoms. The van der Waals surface area contributed by atoms with E-state index >= 15 is 0 Å². The van der Waals surface area contributed by atoms with Crippen LogP contribution in [0.5, 0.6) is 0 Å². The molecule has 1 N–H and O–H groups in total. The van der Waals surface area contributed by atoms with Gasteiger partial charge in [0.05, 0.1) is 32.3 Å². The van der Waals surface area contributed by atoms with Gasteiger partial charge in [-0.3, -0.25) is 14.0 Å². The molecule has 1 unspecified atom stereocenters. The third kappa shape index (κ3) is 4.52. The van der Waals surface area contributed by atoms with Gasteiger partial charge in [-0.05, 0) is 56.3 Å². The summed E-state index contributed by atoms with van der Waals surface area (Å²) in [5, 5.41) is 10.5. The molecule has 0 amide bonds. The van der Waals surface area contributed by atoms with Crippen LogP contribution in [0.1, 0.15) is 36.5 Å². The second-order valence-corrected chi connectivity index (χ2v) is 8.98. The van der Waals surface area contributed by atoms with E-state index in [4.69, 9.17) is 34.8 Å². The van der Waals surface area contributed by atoms with Crippen LogP contribution in [-0.4, -0.2) is 44.2 Å². The van der Waals surface area contributed by atoms with Gasteiger partial charge in [0, 0.05) is 17.6 Å². The number of fused-ring (bicyclic) bond motifs is 1. The van der Waals surface area contributed by atoms with E-state index in [-0.39, 0.29) is 34.7 Å². The molecule has 10 heteroatoms. The first kappa shape index (κ1) is 24.9. The number of rotatable bonds is 5. The van der Waals surface area contributed by atoms with Crippen molar-refractivity contribution in [2.45, 2.75) is 38.8 Å². The van der Waals surface area contributed by atoms with Crippen molar-refractivity contribution < 1.29 is 9.90 Å². The van der Waals surface area contributed by atoms with E-state index in [0.717, 1.165) is 32.4 Å². The number of aromatic carboxylic acids is 1.